The smallest absolute Gasteiger partial charge is 0.286 e. The number of amidine groups is 1. The van der Waals surface area contributed by atoms with Gasteiger partial charge in [-0.15, -0.1) is 0 Å². The zero-order valence-electron chi connectivity index (χ0n) is 15.6. The number of halogens is 6. The van der Waals surface area contributed by atoms with Crippen molar-refractivity contribution in [3.05, 3.63) is 71.8 Å². The summed E-state index contributed by atoms with van der Waals surface area (Å²) in [6, 6.07) is 17.7. The molecule has 2 aromatic carbocycles. The fourth-order valence-electron chi connectivity index (χ4n) is 2.96. The summed E-state index contributed by atoms with van der Waals surface area (Å²) in [5.41, 5.74) is 1.49. The van der Waals surface area contributed by atoms with Crippen LogP contribution in [-0.2, 0) is 8.98 Å². The Bertz CT molecular complexity index is 1020. The van der Waals surface area contributed by atoms with Crippen LogP contribution in [0.4, 0.5) is 0 Å². The lowest BCUT2D eigenvalue weighted by molar-refractivity contribution is -0.117. The number of amides is 1. The molecule has 0 radical (unpaired) electrons. The first-order chi connectivity index (χ1) is 15.0. The van der Waals surface area contributed by atoms with Gasteiger partial charge in [0.1, 0.15) is 0 Å². The normalized spacial score (nSPS) is 20.5. The van der Waals surface area contributed by atoms with E-state index in [4.69, 9.17) is 86.0 Å². The number of aliphatic imine (C=N–C) groups is 2. The van der Waals surface area contributed by atoms with E-state index < -0.39 is 25.4 Å². The fraction of sp³-hybridized carbons (Fsp3) is 0.211. The standard InChI is InChI=1S/C19H11Cl6N3O2S2/c20-17(21,22)15(29)27-16-28(19(26-11-31,30-32-16)18(23,24)25)14(12-7-3-1-4-8-12)13-9-5-2-6-10-13/h1-10,14H. The molecular formula is C19H11Cl6N3O2S2. The Labute approximate surface area is 223 Å². The summed E-state index contributed by atoms with van der Waals surface area (Å²) >= 11 is 41.6. The minimum absolute atomic E-state index is 0.0562. The van der Waals surface area contributed by atoms with Crippen LogP contribution in [0.15, 0.2) is 70.6 Å². The molecule has 1 unspecified atom stereocenters. The van der Waals surface area contributed by atoms with E-state index in [0.717, 1.165) is 11.1 Å². The highest BCUT2D eigenvalue weighted by Crippen LogP contribution is 2.55. The van der Waals surface area contributed by atoms with Crippen molar-refractivity contribution in [3.8, 4) is 0 Å². The molecule has 3 rings (SSSR count). The number of isothiocyanates is 1. The Morgan fingerprint density at radius 1 is 1.00 bits per heavy atom. The van der Waals surface area contributed by atoms with Gasteiger partial charge in [0.15, 0.2) is 5.17 Å². The van der Waals surface area contributed by atoms with Crippen molar-refractivity contribution in [2.75, 3.05) is 0 Å². The molecule has 0 N–H and O–H groups in total. The van der Waals surface area contributed by atoms with Crippen LogP contribution in [0.25, 0.3) is 0 Å². The van der Waals surface area contributed by atoms with Crippen molar-refractivity contribution in [2.45, 2.75) is 19.5 Å². The van der Waals surface area contributed by atoms with Gasteiger partial charge in [-0.05, 0) is 23.3 Å². The van der Waals surface area contributed by atoms with E-state index in [-0.39, 0.29) is 5.17 Å². The van der Waals surface area contributed by atoms with Gasteiger partial charge < -0.3 is 0 Å². The van der Waals surface area contributed by atoms with Crippen molar-refractivity contribution >= 4 is 110 Å². The van der Waals surface area contributed by atoms with Crippen molar-refractivity contribution in [2.24, 2.45) is 9.98 Å². The monoisotopic (exact) mass is 587 g/mol. The van der Waals surface area contributed by atoms with Gasteiger partial charge in [-0.2, -0.15) is 9.98 Å². The van der Waals surface area contributed by atoms with E-state index in [1.807, 2.05) is 60.7 Å². The van der Waals surface area contributed by atoms with Gasteiger partial charge in [0, 0.05) is 0 Å². The molecule has 1 aliphatic rings. The highest BCUT2D eigenvalue weighted by atomic mass is 35.6. The minimum Gasteiger partial charge on any atom is -0.286 e. The predicted octanol–water partition coefficient (Wildman–Crippen LogP) is 7.14. The molecule has 13 heteroatoms. The van der Waals surface area contributed by atoms with Gasteiger partial charge in [0.2, 0.25) is 0 Å². The molecular weight excluding hydrogens is 579 g/mol. The van der Waals surface area contributed by atoms with Crippen LogP contribution in [0.5, 0.6) is 0 Å². The number of rotatable bonds is 4. The summed E-state index contributed by atoms with van der Waals surface area (Å²) in [6.07, 6.45) is 0. The lowest BCUT2D eigenvalue weighted by atomic mass is 9.96. The van der Waals surface area contributed by atoms with Gasteiger partial charge in [0.05, 0.1) is 23.2 Å². The maximum atomic E-state index is 12.4. The van der Waals surface area contributed by atoms with Crippen LogP contribution in [0.1, 0.15) is 17.2 Å². The lowest BCUT2D eigenvalue weighted by Gasteiger charge is -2.41. The maximum Gasteiger partial charge on any atom is 0.310 e. The third kappa shape index (κ3) is 5.39. The summed E-state index contributed by atoms with van der Waals surface area (Å²) in [4.78, 5) is 21.8. The summed E-state index contributed by atoms with van der Waals surface area (Å²) in [5, 5.41) is 2.15. The number of carbonyl (C=O) groups is 1. The molecule has 5 nitrogen and oxygen atoms in total. The first-order valence-electron chi connectivity index (χ1n) is 8.62. The Kier molecular flexibility index (Phi) is 8.43. The van der Waals surface area contributed by atoms with Crippen molar-refractivity contribution in [3.63, 3.8) is 0 Å². The largest absolute Gasteiger partial charge is 0.310 e. The zero-order chi connectivity index (χ0) is 23.6. The molecule has 1 heterocycles. The SMILES string of the molecule is O=C(N=C1SOC(N=C=S)(C(Cl)(Cl)Cl)N1C(c1ccccc1)c1ccccc1)C(Cl)(Cl)Cl. The topological polar surface area (TPSA) is 54.3 Å². The minimum atomic E-state index is -2.31. The number of nitrogens with zero attached hydrogens (tertiary/aromatic N) is 3. The predicted molar refractivity (Wildman–Crippen MR) is 136 cm³/mol. The second kappa shape index (κ2) is 10.4. The summed E-state index contributed by atoms with van der Waals surface area (Å²) in [6.45, 7) is 0. The molecule has 1 saturated heterocycles. The molecule has 2 aromatic rings. The quantitative estimate of drug-likeness (QED) is 0.164. The zero-order valence-corrected chi connectivity index (χ0v) is 21.8. The number of hydrogen-bond acceptors (Lipinski definition) is 5. The van der Waals surface area contributed by atoms with E-state index in [9.17, 15) is 4.79 Å². The molecule has 0 aliphatic carbocycles. The van der Waals surface area contributed by atoms with Crippen LogP contribution in [-0.4, -0.2) is 34.6 Å². The molecule has 0 aromatic heterocycles. The number of benzene rings is 2. The second-order valence-corrected chi connectivity index (χ2v) is 11.7. The molecule has 1 atom stereocenters. The highest BCUT2D eigenvalue weighted by molar-refractivity contribution is 8.10. The number of hydrogen-bond donors (Lipinski definition) is 0. The van der Waals surface area contributed by atoms with E-state index >= 15 is 0 Å². The van der Waals surface area contributed by atoms with Gasteiger partial charge >= 0.3 is 5.85 Å². The molecule has 168 valence electrons. The summed E-state index contributed by atoms with van der Waals surface area (Å²) < 4.78 is 1.23. The fourth-order valence-corrected chi connectivity index (χ4v) is 4.72. The Balaban J connectivity index is 2.33. The average molecular weight is 590 g/mol. The molecule has 1 aliphatic heterocycles. The third-order valence-electron chi connectivity index (χ3n) is 4.26. The van der Waals surface area contributed by atoms with Crippen molar-refractivity contribution < 1.29 is 8.98 Å². The molecule has 32 heavy (non-hydrogen) atoms. The molecule has 1 fully saturated rings. The van der Waals surface area contributed by atoms with Crippen molar-refractivity contribution in [1.29, 1.82) is 0 Å². The summed E-state index contributed by atoms with van der Waals surface area (Å²) in [5.74, 6) is -3.11. The molecule has 0 bridgehead atoms. The van der Waals surface area contributed by atoms with Crippen LogP contribution in [0.3, 0.4) is 0 Å². The number of carbonyl (C=O) groups excluding carboxylic acids is 1. The highest BCUT2D eigenvalue weighted by Gasteiger charge is 2.63. The van der Waals surface area contributed by atoms with Gasteiger partial charge in [-0.25, -0.2) is 0 Å². The van der Waals surface area contributed by atoms with E-state index in [2.05, 4.69) is 15.1 Å². The molecule has 0 spiro atoms. The Morgan fingerprint density at radius 3 is 1.91 bits per heavy atom. The number of alkyl halides is 6. The first kappa shape index (κ1) is 26.0. The summed E-state index contributed by atoms with van der Waals surface area (Å²) in [7, 11) is 0. The molecule has 1 amide bonds. The van der Waals surface area contributed by atoms with Crippen molar-refractivity contribution in [1.82, 2.24) is 4.90 Å². The van der Waals surface area contributed by atoms with E-state index in [1.54, 1.807) is 0 Å². The van der Waals surface area contributed by atoms with Crippen LogP contribution in [0, 0.1) is 0 Å². The lowest BCUT2D eigenvalue weighted by Crippen LogP contribution is -2.56. The van der Waals surface area contributed by atoms with Gasteiger partial charge in [-0.3, -0.25) is 13.9 Å². The van der Waals surface area contributed by atoms with E-state index in [1.165, 1.54) is 4.90 Å². The number of thiocarbonyl (C=S) groups is 1. The average Bonchev–Trinajstić information content (AvgIpc) is 3.09. The molecule has 0 saturated carbocycles. The maximum absolute atomic E-state index is 12.4. The third-order valence-corrected chi connectivity index (χ3v) is 6.33. The van der Waals surface area contributed by atoms with Crippen LogP contribution in [0.2, 0.25) is 0 Å². The second-order valence-electron chi connectivity index (χ2n) is 6.27. The first-order valence-corrected chi connectivity index (χ1v) is 12.0. The van der Waals surface area contributed by atoms with Gasteiger partial charge in [0.25, 0.3) is 13.5 Å². The van der Waals surface area contributed by atoms with E-state index in [0.29, 0.717) is 12.0 Å². The van der Waals surface area contributed by atoms with Gasteiger partial charge in [-0.1, -0.05) is 130 Å². The Hall–Kier alpha value is -0.570. The Morgan fingerprint density at radius 2 is 1.50 bits per heavy atom. The van der Waals surface area contributed by atoms with Crippen LogP contribution < -0.4 is 0 Å². The van der Waals surface area contributed by atoms with Crippen LogP contribution >= 0.6 is 93.9 Å².